The number of hydrogen-bond acceptors (Lipinski definition) is 6. The van der Waals surface area contributed by atoms with Crippen molar-refractivity contribution in [3.63, 3.8) is 0 Å². The minimum atomic E-state index is -0.825. The van der Waals surface area contributed by atoms with E-state index in [1.54, 1.807) is 0 Å². The van der Waals surface area contributed by atoms with Gasteiger partial charge < -0.3 is 14.2 Å². The number of ether oxygens (including phenoxy) is 3. The summed E-state index contributed by atoms with van der Waals surface area (Å²) in [5.41, 5.74) is 1.28. The molecule has 30 heavy (non-hydrogen) atoms. The Morgan fingerprint density at radius 1 is 0.600 bits per heavy atom. The summed E-state index contributed by atoms with van der Waals surface area (Å²) in [7, 11) is 1.17. The van der Waals surface area contributed by atoms with Gasteiger partial charge >= 0.3 is 17.9 Å². The quantitative estimate of drug-likeness (QED) is 0.434. The van der Waals surface area contributed by atoms with Gasteiger partial charge in [0.05, 0.1) is 23.8 Å². The van der Waals surface area contributed by atoms with Crippen molar-refractivity contribution in [2.45, 2.75) is 13.2 Å². The molecule has 0 aliphatic rings. The van der Waals surface area contributed by atoms with E-state index >= 15 is 0 Å². The van der Waals surface area contributed by atoms with Crippen LogP contribution in [0.5, 0.6) is 0 Å². The van der Waals surface area contributed by atoms with E-state index in [9.17, 15) is 14.4 Å². The van der Waals surface area contributed by atoms with E-state index < -0.39 is 17.9 Å². The molecule has 0 heterocycles. The monoisotopic (exact) mass is 404 g/mol. The fraction of sp³-hybridized carbons (Fsp3) is 0.125. The third-order valence-corrected chi connectivity index (χ3v) is 4.32. The van der Waals surface area contributed by atoms with Gasteiger partial charge in [0.25, 0.3) is 0 Å². The first-order valence-electron chi connectivity index (χ1n) is 9.23. The smallest absolute Gasteiger partial charge is 0.339 e. The molecule has 0 fully saturated rings. The van der Waals surface area contributed by atoms with Gasteiger partial charge in [-0.15, -0.1) is 0 Å². The van der Waals surface area contributed by atoms with E-state index in [4.69, 9.17) is 14.2 Å². The molecule has 3 rings (SSSR count). The van der Waals surface area contributed by atoms with Crippen LogP contribution in [0.2, 0.25) is 0 Å². The van der Waals surface area contributed by atoms with Crippen molar-refractivity contribution in [2.75, 3.05) is 7.11 Å². The lowest BCUT2D eigenvalue weighted by atomic mass is 10.0. The van der Waals surface area contributed by atoms with Crippen molar-refractivity contribution < 1.29 is 28.6 Å². The van der Waals surface area contributed by atoms with Crippen LogP contribution in [0.1, 0.15) is 42.2 Å². The van der Waals surface area contributed by atoms with Gasteiger partial charge in [0.1, 0.15) is 13.2 Å². The third kappa shape index (κ3) is 5.11. The molecule has 0 radical (unpaired) electrons. The molecule has 0 unspecified atom stereocenters. The van der Waals surface area contributed by atoms with Crippen molar-refractivity contribution in [1.29, 1.82) is 0 Å². The molecule has 3 aromatic rings. The summed E-state index contributed by atoms with van der Waals surface area (Å²) in [5.74, 6) is -2.30. The second kappa shape index (κ2) is 10.0. The zero-order chi connectivity index (χ0) is 21.3. The lowest BCUT2D eigenvalue weighted by molar-refractivity contribution is 0.0443. The Morgan fingerprint density at radius 2 is 1.03 bits per heavy atom. The Bertz CT molecular complexity index is 954. The van der Waals surface area contributed by atoms with Crippen LogP contribution in [0.15, 0.2) is 78.9 Å². The molecule has 0 aliphatic heterocycles. The van der Waals surface area contributed by atoms with E-state index in [1.165, 1.54) is 25.3 Å². The van der Waals surface area contributed by atoms with Gasteiger partial charge in [0.2, 0.25) is 0 Å². The summed E-state index contributed by atoms with van der Waals surface area (Å²) < 4.78 is 15.4. The molecule has 0 spiro atoms. The van der Waals surface area contributed by atoms with Crippen molar-refractivity contribution in [1.82, 2.24) is 0 Å². The number of methoxy groups -OCH3 is 1. The van der Waals surface area contributed by atoms with Crippen molar-refractivity contribution in [3.8, 4) is 0 Å². The summed E-state index contributed by atoms with van der Waals surface area (Å²) in [6.45, 7) is 0.0614. The first-order valence-corrected chi connectivity index (χ1v) is 9.23. The predicted octanol–water partition coefficient (Wildman–Crippen LogP) is 4.19. The van der Waals surface area contributed by atoms with Crippen LogP contribution in [0, 0.1) is 0 Å². The third-order valence-electron chi connectivity index (χ3n) is 4.32. The van der Waals surface area contributed by atoms with Crippen LogP contribution in [-0.2, 0) is 27.4 Å². The Balaban J connectivity index is 1.82. The molecule has 0 amide bonds. The SMILES string of the molecule is COC(=O)c1c(C(=O)OCc2ccccc2)cccc1C(=O)OCc1ccccc1. The summed E-state index contributed by atoms with van der Waals surface area (Å²) >= 11 is 0. The van der Waals surface area contributed by atoms with Gasteiger partial charge in [-0.05, 0) is 23.3 Å². The zero-order valence-electron chi connectivity index (χ0n) is 16.4. The maximum absolute atomic E-state index is 12.6. The topological polar surface area (TPSA) is 78.9 Å². The first kappa shape index (κ1) is 20.8. The van der Waals surface area contributed by atoms with Gasteiger partial charge in [0, 0.05) is 0 Å². The molecular formula is C24H20O6. The second-order valence-electron chi connectivity index (χ2n) is 6.34. The summed E-state index contributed by atoms with van der Waals surface area (Å²) in [6.07, 6.45) is 0. The first-order chi connectivity index (χ1) is 14.6. The normalized spacial score (nSPS) is 10.2. The fourth-order valence-electron chi connectivity index (χ4n) is 2.82. The Morgan fingerprint density at radius 3 is 1.43 bits per heavy atom. The molecule has 0 saturated carbocycles. The number of hydrogen-bond donors (Lipinski definition) is 0. The van der Waals surface area contributed by atoms with Crippen molar-refractivity contribution in [2.24, 2.45) is 0 Å². The summed E-state index contributed by atoms with van der Waals surface area (Å²) in [4.78, 5) is 37.6. The zero-order valence-corrected chi connectivity index (χ0v) is 16.4. The average molecular weight is 404 g/mol. The van der Waals surface area contributed by atoms with Crippen LogP contribution in [0.4, 0.5) is 0 Å². The predicted molar refractivity (Wildman–Crippen MR) is 109 cm³/mol. The molecule has 0 N–H and O–H groups in total. The minimum absolute atomic E-state index is 0.0307. The molecular weight excluding hydrogens is 384 g/mol. The van der Waals surface area contributed by atoms with Gasteiger partial charge in [-0.1, -0.05) is 66.7 Å². The number of carbonyl (C=O) groups is 3. The molecule has 3 aromatic carbocycles. The molecule has 0 saturated heterocycles. The Labute approximate surface area is 174 Å². The van der Waals surface area contributed by atoms with Crippen molar-refractivity contribution in [3.05, 3.63) is 107 Å². The van der Waals surface area contributed by atoms with E-state index in [-0.39, 0.29) is 29.9 Å². The van der Waals surface area contributed by atoms with E-state index in [1.807, 2.05) is 60.7 Å². The number of carbonyl (C=O) groups excluding carboxylic acids is 3. The fourth-order valence-corrected chi connectivity index (χ4v) is 2.82. The lowest BCUT2D eigenvalue weighted by Crippen LogP contribution is -2.19. The maximum Gasteiger partial charge on any atom is 0.339 e. The molecule has 0 atom stereocenters. The van der Waals surface area contributed by atoms with Gasteiger partial charge in [-0.2, -0.15) is 0 Å². The minimum Gasteiger partial charge on any atom is -0.465 e. The van der Waals surface area contributed by atoms with Gasteiger partial charge in [0.15, 0.2) is 0 Å². The van der Waals surface area contributed by atoms with Crippen LogP contribution < -0.4 is 0 Å². The molecule has 6 heteroatoms. The highest BCUT2D eigenvalue weighted by Gasteiger charge is 2.26. The maximum atomic E-state index is 12.6. The summed E-state index contributed by atoms with van der Waals surface area (Å²) in [6, 6.07) is 22.6. The van der Waals surface area contributed by atoms with Crippen molar-refractivity contribution >= 4 is 17.9 Å². The van der Waals surface area contributed by atoms with E-state index in [0.717, 1.165) is 11.1 Å². The highest BCUT2D eigenvalue weighted by Crippen LogP contribution is 2.20. The highest BCUT2D eigenvalue weighted by molar-refractivity contribution is 6.10. The average Bonchev–Trinajstić information content (AvgIpc) is 2.81. The number of rotatable bonds is 7. The lowest BCUT2D eigenvalue weighted by Gasteiger charge is -2.13. The van der Waals surface area contributed by atoms with Crippen LogP contribution in [-0.4, -0.2) is 25.0 Å². The van der Waals surface area contributed by atoms with Crippen LogP contribution in [0.3, 0.4) is 0 Å². The molecule has 0 bridgehead atoms. The second-order valence-corrected chi connectivity index (χ2v) is 6.34. The van der Waals surface area contributed by atoms with Gasteiger partial charge in [-0.3, -0.25) is 0 Å². The summed E-state index contributed by atoms with van der Waals surface area (Å²) in [5, 5.41) is 0. The van der Waals surface area contributed by atoms with Gasteiger partial charge in [-0.25, -0.2) is 14.4 Å². The largest absolute Gasteiger partial charge is 0.465 e. The molecule has 0 aliphatic carbocycles. The van der Waals surface area contributed by atoms with Crippen LogP contribution >= 0.6 is 0 Å². The molecule has 152 valence electrons. The number of benzene rings is 3. The Kier molecular flexibility index (Phi) is 6.95. The van der Waals surface area contributed by atoms with E-state index in [2.05, 4.69) is 0 Å². The Hall–Kier alpha value is -3.93. The van der Waals surface area contributed by atoms with Crippen LogP contribution in [0.25, 0.3) is 0 Å². The van der Waals surface area contributed by atoms with E-state index in [0.29, 0.717) is 0 Å². The molecule has 6 nitrogen and oxygen atoms in total. The highest BCUT2D eigenvalue weighted by atomic mass is 16.5. The number of esters is 3. The standard InChI is InChI=1S/C24H20O6/c1-28-24(27)21-19(22(25)29-15-17-9-4-2-5-10-17)13-8-14-20(21)23(26)30-16-18-11-6-3-7-12-18/h2-14H,15-16H2,1H3. The molecule has 0 aromatic heterocycles.